The zero-order valence-electron chi connectivity index (χ0n) is 9.51. The lowest BCUT2D eigenvalue weighted by atomic mass is 9.99. The van der Waals surface area contributed by atoms with E-state index in [4.69, 9.17) is 0 Å². The molecule has 2 aromatic rings. The largest absolute Gasteiger partial charge is 0.315 e. The SMILES string of the molecule is CN1C(=O)CCc2cc(-c3nccs3)ccc21. The van der Waals surface area contributed by atoms with Gasteiger partial charge in [0.15, 0.2) is 0 Å². The fraction of sp³-hybridized carbons (Fsp3) is 0.231. The minimum Gasteiger partial charge on any atom is -0.315 e. The summed E-state index contributed by atoms with van der Waals surface area (Å²) in [6, 6.07) is 6.20. The van der Waals surface area contributed by atoms with E-state index in [1.807, 2.05) is 30.8 Å². The number of nitrogens with zero attached hydrogens (tertiary/aromatic N) is 2. The van der Waals surface area contributed by atoms with Gasteiger partial charge in [-0.15, -0.1) is 11.3 Å². The molecule has 1 aromatic heterocycles. The molecule has 1 aliphatic heterocycles. The van der Waals surface area contributed by atoms with Gasteiger partial charge in [-0.3, -0.25) is 4.79 Å². The van der Waals surface area contributed by atoms with E-state index in [2.05, 4.69) is 11.1 Å². The van der Waals surface area contributed by atoms with Crippen molar-refractivity contribution in [3.05, 3.63) is 35.3 Å². The molecule has 0 unspecified atom stereocenters. The number of hydrogen-bond acceptors (Lipinski definition) is 3. The molecule has 1 amide bonds. The highest BCUT2D eigenvalue weighted by molar-refractivity contribution is 7.13. The van der Waals surface area contributed by atoms with Crippen molar-refractivity contribution < 1.29 is 4.79 Å². The Balaban J connectivity index is 2.06. The van der Waals surface area contributed by atoms with Gasteiger partial charge in [-0.2, -0.15) is 0 Å². The van der Waals surface area contributed by atoms with Gasteiger partial charge in [0.25, 0.3) is 0 Å². The topological polar surface area (TPSA) is 33.2 Å². The van der Waals surface area contributed by atoms with Gasteiger partial charge in [0.1, 0.15) is 5.01 Å². The van der Waals surface area contributed by atoms with Crippen LogP contribution in [-0.4, -0.2) is 17.9 Å². The van der Waals surface area contributed by atoms with Crippen molar-refractivity contribution >= 4 is 22.9 Å². The molecule has 0 bridgehead atoms. The van der Waals surface area contributed by atoms with Gasteiger partial charge in [0.2, 0.25) is 5.91 Å². The van der Waals surface area contributed by atoms with E-state index in [9.17, 15) is 4.79 Å². The van der Waals surface area contributed by atoms with Crippen molar-refractivity contribution in [3.63, 3.8) is 0 Å². The summed E-state index contributed by atoms with van der Waals surface area (Å²) in [5, 5.41) is 3.01. The van der Waals surface area contributed by atoms with Crippen molar-refractivity contribution in [2.75, 3.05) is 11.9 Å². The second-order valence-corrected chi connectivity index (χ2v) is 5.03. The van der Waals surface area contributed by atoms with Gasteiger partial charge >= 0.3 is 0 Å². The van der Waals surface area contributed by atoms with Crippen molar-refractivity contribution in [1.82, 2.24) is 4.98 Å². The first kappa shape index (κ1) is 10.5. The van der Waals surface area contributed by atoms with Gasteiger partial charge in [-0.05, 0) is 30.2 Å². The number of fused-ring (bicyclic) bond motifs is 1. The second-order valence-electron chi connectivity index (χ2n) is 4.13. The Bertz CT molecular complexity index is 563. The van der Waals surface area contributed by atoms with Gasteiger partial charge in [-0.1, -0.05) is 0 Å². The lowest BCUT2D eigenvalue weighted by Crippen LogP contribution is -2.30. The molecular formula is C13H12N2OS. The number of carbonyl (C=O) groups is 1. The summed E-state index contributed by atoms with van der Waals surface area (Å²) in [6.45, 7) is 0. The van der Waals surface area contributed by atoms with Crippen molar-refractivity contribution in [2.24, 2.45) is 0 Å². The van der Waals surface area contributed by atoms with Gasteiger partial charge in [0.05, 0.1) is 0 Å². The van der Waals surface area contributed by atoms with Crippen LogP contribution in [0.15, 0.2) is 29.8 Å². The number of anilines is 1. The Kier molecular flexibility index (Phi) is 2.44. The van der Waals surface area contributed by atoms with Gasteiger partial charge in [-0.25, -0.2) is 4.98 Å². The molecule has 17 heavy (non-hydrogen) atoms. The second kappa shape index (κ2) is 3.96. The van der Waals surface area contributed by atoms with Crippen LogP contribution < -0.4 is 4.90 Å². The van der Waals surface area contributed by atoms with Crippen LogP contribution in [0.1, 0.15) is 12.0 Å². The molecule has 0 fully saturated rings. The summed E-state index contributed by atoms with van der Waals surface area (Å²) in [4.78, 5) is 17.6. The summed E-state index contributed by atoms with van der Waals surface area (Å²) in [7, 11) is 1.84. The number of aromatic nitrogens is 1. The molecule has 0 saturated heterocycles. The Morgan fingerprint density at radius 3 is 3.00 bits per heavy atom. The van der Waals surface area contributed by atoms with Crippen LogP contribution in [0.5, 0.6) is 0 Å². The number of benzene rings is 1. The van der Waals surface area contributed by atoms with Crippen LogP contribution in [0.25, 0.3) is 10.6 Å². The average Bonchev–Trinajstić information content (AvgIpc) is 2.87. The van der Waals surface area contributed by atoms with Crippen LogP contribution >= 0.6 is 11.3 Å². The van der Waals surface area contributed by atoms with E-state index in [1.54, 1.807) is 16.2 Å². The van der Waals surface area contributed by atoms with E-state index in [-0.39, 0.29) is 5.91 Å². The molecule has 0 saturated carbocycles. The zero-order chi connectivity index (χ0) is 11.8. The monoisotopic (exact) mass is 244 g/mol. The van der Waals surface area contributed by atoms with Crippen molar-refractivity contribution in [2.45, 2.75) is 12.8 Å². The zero-order valence-corrected chi connectivity index (χ0v) is 10.3. The molecule has 3 rings (SSSR count). The van der Waals surface area contributed by atoms with Crippen LogP contribution in [-0.2, 0) is 11.2 Å². The van der Waals surface area contributed by atoms with E-state index < -0.39 is 0 Å². The van der Waals surface area contributed by atoms with E-state index in [0.717, 1.165) is 22.7 Å². The number of amides is 1. The fourth-order valence-electron chi connectivity index (χ4n) is 2.16. The molecule has 0 radical (unpaired) electrons. The maximum Gasteiger partial charge on any atom is 0.227 e. The average molecular weight is 244 g/mol. The third-order valence-corrected chi connectivity index (χ3v) is 3.92. The third-order valence-electron chi connectivity index (χ3n) is 3.10. The van der Waals surface area contributed by atoms with E-state index >= 15 is 0 Å². The molecule has 0 spiro atoms. The lowest BCUT2D eigenvalue weighted by Gasteiger charge is -2.25. The minimum absolute atomic E-state index is 0.194. The van der Waals surface area contributed by atoms with E-state index in [0.29, 0.717) is 6.42 Å². The summed E-state index contributed by atoms with van der Waals surface area (Å²) in [6.07, 6.45) is 3.25. The van der Waals surface area contributed by atoms with Crippen LogP contribution in [0.3, 0.4) is 0 Å². The standard InChI is InChI=1S/C13H12N2OS/c1-15-11-4-2-10(13-14-6-7-17-13)8-9(11)3-5-12(15)16/h2,4,6-8H,3,5H2,1H3. The highest BCUT2D eigenvalue weighted by Gasteiger charge is 2.21. The number of hydrogen-bond donors (Lipinski definition) is 0. The molecule has 4 heteroatoms. The summed E-state index contributed by atoms with van der Waals surface area (Å²) in [5.74, 6) is 0.194. The Morgan fingerprint density at radius 2 is 2.24 bits per heavy atom. The number of carbonyl (C=O) groups excluding carboxylic acids is 1. The smallest absolute Gasteiger partial charge is 0.227 e. The van der Waals surface area contributed by atoms with Gasteiger partial charge in [0, 0.05) is 36.3 Å². The number of aryl methyl sites for hydroxylation is 1. The molecule has 2 heterocycles. The maximum atomic E-state index is 11.6. The van der Waals surface area contributed by atoms with Crippen molar-refractivity contribution in [3.8, 4) is 10.6 Å². The molecule has 1 aliphatic rings. The fourth-order valence-corrected chi connectivity index (χ4v) is 2.79. The normalized spacial score (nSPS) is 14.9. The first-order valence-corrected chi connectivity index (χ1v) is 6.43. The first-order valence-electron chi connectivity index (χ1n) is 5.55. The highest BCUT2D eigenvalue weighted by atomic mass is 32.1. The summed E-state index contributed by atoms with van der Waals surface area (Å²) in [5.41, 5.74) is 3.41. The maximum absolute atomic E-state index is 11.6. The van der Waals surface area contributed by atoms with Crippen LogP contribution in [0, 0.1) is 0 Å². The molecule has 0 atom stereocenters. The predicted molar refractivity (Wildman–Crippen MR) is 69.3 cm³/mol. The highest BCUT2D eigenvalue weighted by Crippen LogP contribution is 2.31. The first-order chi connectivity index (χ1) is 8.25. The molecule has 0 aliphatic carbocycles. The van der Waals surface area contributed by atoms with Crippen LogP contribution in [0.4, 0.5) is 5.69 Å². The minimum atomic E-state index is 0.194. The number of thiazole rings is 1. The summed E-state index contributed by atoms with van der Waals surface area (Å²) >= 11 is 1.64. The van der Waals surface area contributed by atoms with E-state index in [1.165, 1.54) is 5.56 Å². The van der Waals surface area contributed by atoms with Crippen molar-refractivity contribution in [1.29, 1.82) is 0 Å². The number of rotatable bonds is 1. The van der Waals surface area contributed by atoms with Crippen LogP contribution in [0.2, 0.25) is 0 Å². The quantitative estimate of drug-likeness (QED) is 0.772. The lowest BCUT2D eigenvalue weighted by molar-refractivity contribution is -0.118. The molecule has 86 valence electrons. The Labute approximate surface area is 104 Å². The molecule has 1 aromatic carbocycles. The predicted octanol–water partition coefficient (Wildman–Crippen LogP) is 2.72. The molecular weight excluding hydrogens is 232 g/mol. The third kappa shape index (κ3) is 1.74. The molecule has 0 N–H and O–H groups in total. The molecule has 3 nitrogen and oxygen atoms in total. The Morgan fingerprint density at radius 1 is 1.35 bits per heavy atom. The van der Waals surface area contributed by atoms with Gasteiger partial charge < -0.3 is 4.90 Å². The summed E-state index contributed by atoms with van der Waals surface area (Å²) < 4.78 is 0. The Hall–Kier alpha value is -1.68.